The number of esters is 3. The largest absolute Gasteiger partial charge is 0.465 e. The summed E-state index contributed by atoms with van der Waals surface area (Å²) in [6.45, 7) is 4.53. The van der Waals surface area contributed by atoms with Crippen LogP contribution < -0.4 is 5.32 Å². The molecule has 0 bridgehead atoms. The fraction of sp³-hybridized carbons (Fsp3) is 0.293. The van der Waals surface area contributed by atoms with Crippen LogP contribution in [0.1, 0.15) is 63.2 Å². The van der Waals surface area contributed by atoms with E-state index in [0.29, 0.717) is 16.7 Å². The molecule has 0 saturated carbocycles. The minimum atomic E-state index is -4.54. The number of rotatable bonds is 14. The third-order valence-electron chi connectivity index (χ3n) is 8.56. The van der Waals surface area contributed by atoms with Gasteiger partial charge in [-0.25, -0.2) is 0 Å². The Morgan fingerprint density at radius 2 is 1.35 bits per heavy atom. The number of benzene rings is 4. The number of nitrogens with zero attached hydrogens (tertiary/aromatic N) is 1. The summed E-state index contributed by atoms with van der Waals surface area (Å²) in [6, 6.07) is 22.0. The number of alkyl halides is 3. The first kappa shape index (κ1) is 40.8. The zero-order chi connectivity index (χ0) is 39.6. The van der Waals surface area contributed by atoms with Gasteiger partial charge in [0.25, 0.3) is 11.8 Å². The molecule has 54 heavy (non-hydrogen) atoms. The van der Waals surface area contributed by atoms with Crippen molar-refractivity contribution in [3.05, 3.63) is 124 Å². The Hall–Kier alpha value is -5.98. The first-order valence-electron chi connectivity index (χ1n) is 17.1. The van der Waals surface area contributed by atoms with Crippen molar-refractivity contribution in [2.24, 2.45) is 0 Å². The first-order valence-corrected chi connectivity index (χ1v) is 17.1. The van der Waals surface area contributed by atoms with Crippen molar-refractivity contribution in [2.45, 2.75) is 45.2 Å². The van der Waals surface area contributed by atoms with Gasteiger partial charge in [-0.05, 0) is 67.3 Å². The maximum absolute atomic E-state index is 14.0. The molecule has 0 aliphatic heterocycles. The van der Waals surface area contributed by atoms with Gasteiger partial charge in [0.05, 0.1) is 43.1 Å². The number of aryl methyl sites for hydroxylation is 1. The number of ether oxygens (including phenoxy) is 3. The normalized spacial score (nSPS) is 11.3. The van der Waals surface area contributed by atoms with Gasteiger partial charge in [-0.3, -0.25) is 24.0 Å². The molecule has 0 aromatic heterocycles. The Kier molecular flexibility index (Phi) is 13.4. The molecule has 0 aliphatic carbocycles. The molecule has 0 radical (unpaired) electrons. The number of halogens is 3. The van der Waals surface area contributed by atoms with Gasteiger partial charge in [-0.2, -0.15) is 13.2 Å². The van der Waals surface area contributed by atoms with Crippen molar-refractivity contribution in [2.75, 3.05) is 39.2 Å². The van der Waals surface area contributed by atoms with Crippen molar-refractivity contribution in [3.8, 4) is 11.1 Å². The maximum atomic E-state index is 14.0. The van der Waals surface area contributed by atoms with E-state index >= 15 is 0 Å². The molecular weight excluding hydrogens is 705 g/mol. The third kappa shape index (κ3) is 9.32. The first-order chi connectivity index (χ1) is 25.6. The van der Waals surface area contributed by atoms with Crippen LogP contribution in [0.15, 0.2) is 91.0 Å². The maximum Gasteiger partial charge on any atom is 0.416 e. The van der Waals surface area contributed by atoms with E-state index in [1.165, 1.54) is 55.4 Å². The monoisotopic (exact) mass is 746 g/mol. The van der Waals surface area contributed by atoms with Gasteiger partial charge in [-0.15, -0.1) is 0 Å². The molecule has 4 rings (SSSR count). The standard InChI is InChI=1S/C41H41F3N2O8/c1-6-52-38(50)40(39(51)53-7-2,29-13-9-8-10-14-29)22-23-54-34(47)25-28-12-11-15-32(37(49)46(4)5)35(28)45-36(48)31-21-16-26(3)24-33(31)27-17-19-30(20-18-27)41(42,43)44/h8-21,24H,6-7,22-23,25H2,1-5H3,(H,45,48). The van der Waals surface area contributed by atoms with E-state index in [-0.39, 0.29) is 42.0 Å². The SMILES string of the molecule is CCOC(=O)C(CCOC(=O)Cc1cccc(C(=O)N(C)C)c1NC(=O)c1ccc(C)cc1-c1ccc(C(F)(F)F)cc1)(C(=O)OCC)c1ccccc1. The molecule has 1 N–H and O–H groups in total. The second-order valence-electron chi connectivity index (χ2n) is 12.5. The summed E-state index contributed by atoms with van der Waals surface area (Å²) in [5.41, 5.74) is -0.609. The highest BCUT2D eigenvalue weighted by Crippen LogP contribution is 2.34. The number of hydrogen-bond donors (Lipinski definition) is 1. The molecule has 0 spiro atoms. The van der Waals surface area contributed by atoms with Crippen LogP contribution in [0.3, 0.4) is 0 Å². The van der Waals surface area contributed by atoms with E-state index in [4.69, 9.17) is 14.2 Å². The van der Waals surface area contributed by atoms with Crippen LogP contribution in [-0.4, -0.2) is 68.5 Å². The summed E-state index contributed by atoms with van der Waals surface area (Å²) in [6.07, 6.45) is -5.28. The summed E-state index contributed by atoms with van der Waals surface area (Å²) in [7, 11) is 3.04. The number of carbonyl (C=O) groups excluding carboxylic acids is 5. The lowest BCUT2D eigenvalue weighted by Crippen LogP contribution is -2.47. The zero-order valence-corrected chi connectivity index (χ0v) is 30.5. The lowest BCUT2D eigenvalue weighted by molar-refractivity contribution is -0.167. The minimum Gasteiger partial charge on any atom is -0.465 e. The number of para-hydroxylation sites is 1. The number of carbonyl (C=O) groups is 5. The second-order valence-corrected chi connectivity index (χ2v) is 12.5. The van der Waals surface area contributed by atoms with Gasteiger partial charge < -0.3 is 24.4 Å². The lowest BCUT2D eigenvalue weighted by atomic mass is 9.77. The molecule has 0 saturated heterocycles. The van der Waals surface area contributed by atoms with Crippen molar-refractivity contribution in [3.63, 3.8) is 0 Å². The highest BCUT2D eigenvalue weighted by molar-refractivity contribution is 6.12. The van der Waals surface area contributed by atoms with Crippen molar-refractivity contribution >= 4 is 35.4 Å². The highest BCUT2D eigenvalue weighted by Gasteiger charge is 2.50. The number of hydrogen-bond acceptors (Lipinski definition) is 8. The summed E-state index contributed by atoms with van der Waals surface area (Å²) in [5.74, 6) is -3.69. The quantitative estimate of drug-likeness (QED) is 0.0818. The molecule has 284 valence electrons. The van der Waals surface area contributed by atoms with Gasteiger partial charge >= 0.3 is 24.1 Å². The molecule has 0 unspecified atom stereocenters. The predicted molar refractivity (Wildman–Crippen MR) is 195 cm³/mol. The molecule has 0 heterocycles. The molecule has 0 aliphatic rings. The summed E-state index contributed by atoms with van der Waals surface area (Å²) < 4.78 is 55.9. The van der Waals surface area contributed by atoms with E-state index in [9.17, 15) is 37.1 Å². The Morgan fingerprint density at radius 3 is 1.93 bits per heavy atom. The second kappa shape index (κ2) is 17.7. The van der Waals surface area contributed by atoms with Crippen LogP contribution >= 0.6 is 0 Å². The lowest BCUT2D eigenvalue weighted by Gasteiger charge is -2.29. The van der Waals surface area contributed by atoms with Crippen molar-refractivity contribution < 1.29 is 51.4 Å². The van der Waals surface area contributed by atoms with Crippen LogP contribution in [0.25, 0.3) is 11.1 Å². The molecule has 10 nitrogen and oxygen atoms in total. The van der Waals surface area contributed by atoms with Gasteiger partial charge in [-0.1, -0.05) is 72.3 Å². The Labute approximate surface area is 311 Å². The number of anilines is 1. The van der Waals surface area contributed by atoms with Gasteiger partial charge in [0.2, 0.25) is 0 Å². The molecular formula is C41H41F3N2O8. The molecule has 0 fully saturated rings. The van der Waals surface area contributed by atoms with E-state index in [1.807, 2.05) is 0 Å². The van der Waals surface area contributed by atoms with E-state index in [2.05, 4.69) is 5.32 Å². The van der Waals surface area contributed by atoms with Gasteiger partial charge in [0.1, 0.15) is 0 Å². The van der Waals surface area contributed by atoms with Crippen LogP contribution in [-0.2, 0) is 46.6 Å². The summed E-state index contributed by atoms with van der Waals surface area (Å²) in [4.78, 5) is 68.7. The van der Waals surface area contributed by atoms with Crippen molar-refractivity contribution in [1.29, 1.82) is 0 Å². The van der Waals surface area contributed by atoms with Gasteiger partial charge in [0, 0.05) is 26.1 Å². The topological polar surface area (TPSA) is 128 Å². The Bertz CT molecular complexity index is 1980. The fourth-order valence-corrected chi connectivity index (χ4v) is 5.85. The van der Waals surface area contributed by atoms with Crippen LogP contribution in [0.2, 0.25) is 0 Å². The van der Waals surface area contributed by atoms with Crippen LogP contribution in [0.5, 0.6) is 0 Å². The third-order valence-corrected chi connectivity index (χ3v) is 8.56. The average molecular weight is 747 g/mol. The Balaban J connectivity index is 1.65. The van der Waals surface area contributed by atoms with Crippen molar-refractivity contribution in [1.82, 2.24) is 4.90 Å². The molecule has 4 aromatic rings. The van der Waals surface area contributed by atoms with E-state index in [1.54, 1.807) is 63.2 Å². The number of amides is 2. The fourth-order valence-electron chi connectivity index (χ4n) is 5.85. The summed E-state index contributed by atoms with van der Waals surface area (Å²) in [5, 5.41) is 2.77. The van der Waals surface area contributed by atoms with Crippen LogP contribution in [0, 0.1) is 6.92 Å². The molecule has 13 heteroatoms. The van der Waals surface area contributed by atoms with Crippen LogP contribution in [0.4, 0.5) is 18.9 Å². The molecule has 2 amide bonds. The Morgan fingerprint density at radius 1 is 0.722 bits per heavy atom. The van der Waals surface area contributed by atoms with E-state index < -0.39 is 59.9 Å². The molecule has 0 atom stereocenters. The average Bonchev–Trinajstić information content (AvgIpc) is 3.14. The summed E-state index contributed by atoms with van der Waals surface area (Å²) >= 11 is 0. The number of nitrogens with one attached hydrogen (secondary N) is 1. The van der Waals surface area contributed by atoms with E-state index in [0.717, 1.165) is 17.7 Å². The molecule has 4 aromatic carbocycles. The smallest absolute Gasteiger partial charge is 0.416 e. The highest BCUT2D eigenvalue weighted by atomic mass is 19.4. The minimum absolute atomic E-state index is 0.0163. The zero-order valence-electron chi connectivity index (χ0n) is 30.5. The van der Waals surface area contributed by atoms with Gasteiger partial charge in [0.15, 0.2) is 5.41 Å². The predicted octanol–water partition coefficient (Wildman–Crippen LogP) is 7.17.